The zero-order valence-corrected chi connectivity index (χ0v) is 18.0. The molecule has 0 radical (unpaired) electrons. The molecule has 0 aliphatic heterocycles. The average molecular weight is 439 g/mol. The van der Waals surface area contributed by atoms with Gasteiger partial charge in [-0.05, 0) is 49.7 Å². The number of nitrogens with one attached hydrogen (secondary N) is 1. The normalized spacial score (nSPS) is 11.0. The lowest BCUT2D eigenvalue weighted by molar-refractivity contribution is -0.116. The molecule has 0 unspecified atom stereocenters. The summed E-state index contributed by atoms with van der Waals surface area (Å²) in [6.07, 6.45) is 1.53. The van der Waals surface area contributed by atoms with E-state index in [0.29, 0.717) is 23.1 Å². The maximum atomic E-state index is 13.1. The third-order valence-corrected chi connectivity index (χ3v) is 5.75. The van der Waals surface area contributed by atoms with Crippen LogP contribution in [0.1, 0.15) is 23.1 Å². The Morgan fingerprint density at radius 1 is 1.20 bits per heavy atom. The molecule has 0 saturated carbocycles. The first-order valence-electron chi connectivity index (χ1n) is 9.36. The van der Waals surface area contributed by atoms with Crippen molar-refractivity contribution >= 4 is 50.6 Å². The molecule has 0 spiro atoms. The molecule has 0 fully saturated rings. The summed E-state index contributed by atoms with van der Waals surface area (Å²) in [5.41, 5.74) is 2.77. The van der Waals surface area contributed by atoms with Crippen LogP contribution in [0.5, 0.6) is 0 Å². The van der Waals surface area contributed by atoms with E-state index in [9.17, 15) is 9.59 Å². The van der Waals surface area contributed by atoms with Crippen molar-refractivity contribution in [2.45, 2.75) is 26.8 Å². The number of rotatable bonds is 6. The van der Waals surface area contributed by atoms with Crippen LogP contribution in [0.25, 0.3) is 10.2 Å². The van der Waals surface area contributed by atoms with Gasteiger partial charge in [0.2, 0.25) is 5.95 Å². The van der Waals surface area contributed by atoms with Crippen molar-refractivity contribution in [1.82, 2.24) is 14.5 Å². The van der Waals surface area contributed by atoms with Crippen LogP contribution in [0.2, 0.25) is 5.02 Å². The fourth-order valence-corrected chi connectivity index (χ4v) is 4.18. The van der Waals surface area contributed by atoms with E-state index in [1.165, 1.54) is 13.1 Å². The van der Waals surface area contributed by atoms with E-state index >= 15 is 0 Å². The average Bonchev–Trinajstić information content (AvgIpc) is 3.07. The molecule has 8 heteroatoms. The number of carbonyl (C=O) groups is 1. The molecule has 2 heterocycles. The number of nitrogens with zero attached hydrogens (tertiary/aromatic N) is 3. The number of hydrogen-bond donors (Lipinski definition) is 1. The highest BCUT2D eigenvalue weighted by atomic mass is 35.5. The maximum absolute atomic E-state index is 13.1. The lowest BCUT2D eigenvalue weighted by atomic mass is 10.2. The van der Waals surface area contributed by atoms with Gasteiger partial charge >= 0.3 is 0 Å². The predicted octanol–water partition coefficient (Wildman–Crippen LogP) is 4.74. The van der Waals surface area contributed by atoms with Crippen LogP contribution >= 0.6 is 22.9 Å². The number of aryl methyl sites for hydroxylation is 1. The molecule has 0 amide bonds. The summed E-state index contributed by atoms with van der Waals surface area (Å²) < 4.78 is 2.60. The van der Waals surface area contributed by atoms with Gasteiger partial charge in [-0.3, -0.25) is 14.2 Å². The quantitative estimate of drug-likeness (QED) is 0.470. The molecule has 1 N–H and O–H groups in total. The Morgan fingerprint density at radius 3 is 2.70 bits per heavy atom. The lowest BCUT2D eigenvalue weighted by Crippen LogP contribution is -2.28. The van der Waals surface area contributed by atoms with Crippen LogP contribution in [0.3, 0.4) is 0 Å². The number of hydrogen-bond acceptors (Lipinski definition) is 6. The molecule has 0 atom stereocenters. The van der Waals surface area contributed by atoms with Crippen LogP contribution in [0.4, 0.5) is 11.6 Å². The van der Waals surface area contributed by atoms with Gasteiger partial charge in [-0.1, -0.05) is 23.7 Å². The molecular formula is C22H19ClN4O2S. The highest BCUT2D eigenvalue weighted by molar-refractivity contribution is 7.18. The van der Waals surface area contributed by atoms with Crippen LogP contribution < -0.4 is 10.9 Å². The molecule has 0 bridgehead atoms. The Kier molecular flexibility index (Phi) is 5.65. The first kappa shape index (κ1) is 20.3. The topological polar surface area (TPSA) is 76.9 Å². The number of thiazole rings is 1. The van der Waals surface area contributed by atoms with Gasteiger partial charge in [-0.15, -0.1) is 11.3 Å². The number of carbonyl (C=O) groups excluding carboxylic acids is 1. The highest BCUT2D eigenvalue weighted by Gasteiger charge is 2.13. The Bertz CT molecular complexity index is 1290. The van der Waals surface area contributed by atoms with Gasteiger partial charge in [0.25, 0.3) is 5.56 Å². The van der Waals surface area contributed by atoms with Crippen LogP contribution in [0.15, 0.2) is 53.5 Å². The van der Waals surface area contributed by atoms with Crippen molar-refractivity contribution in [1.29, 1.82) is 0 Å². The van der Waals surface area contributed by atoms with Gasteiger partial charge in [-0.25, -0.2) is 9.97 Å². The van der Waals surface area contributed by atoms with Crippen molar-refractivity contribution in [3.8, 4) is 0 Å². The first-order chi connectivity index (χ1) is 14.4. The van der Waals surface area contributed by atoms with Crippen molar-refractivity contribution in [3.05, 3.63) is 80.2 Å². The van der Waals surface area contributed by atoms with Gasteiger partial charge in [0.1, 0.15) is 5.78 Å². The van der Waals surface area contributed by atoms with Crippen LogP contribution in [0, 0.1) is 6.92 Å². The van der Waals surface area contributed by atoms with Gasteiger partial charge in [-0.2, -0.15) is 0 Å². The summed E-state index contributed by atoms with van der Waals surface area (Å²) in [4.78, 5) is 33.6. The molecule has 0 aliphatic rings. The second-order valence-electron chi connectivity index (χ2n) is 7.04. The number of aromatic nitrogens is 3. The summed E-state index contributed by atoms with van der Waals surface area (Å²) in [5.74, 6) is 0.321. The van der Waals surface area contributed by atoms with E-state index in [2.05, 4.69) is 15.3 Å². The molecule has 152 valence electrons. The molecule has 4 rings (SSSR count). The Labute approximate surface area is 182 Å². The smallest absolute Gasteiger partial charge is 0.258 e. The van der Waals surface area contributed by atoms with Crippen molar-refractivity contribution in [2.75, 3.05) is 5.32 Å². The van der Waals surface area contributed by atoms with E-state index in [4.69, 9.17) is 11.6 Å². The van der Waals surface area contributed by atoms with Crippen molar-refractivity contribution in [2.24, 2.45) is 0 Å². The maximum Gasteiger partial charge on any atom is 0.258 e. The molecule has 0 aliphatic carbocycles. The minimum atomic E-state index is -0.243. The zero-order chi connectivity index (χ0) is 21.3. The van der Waals surface area contributed by atoms with E-state index in [-0.39, 0.29) is 17.8 Å². The van der Waals surface area contributed by atoms with Gasteiger partial charge < -0.3 is 5.32 Å². The number of benzene rings is 2. The fourth-order valence-electron chi connectivity index (χ4n) is 3.19. The van der Waals surface area contributed by atoms with Gasteiger partial charge in [0.15, 0.2) is 0 Å². The minimum Gasteiger partial charge on any atom is -0.325 e. The number of halogens is 1. The monoisotopic (exact) mass is 438 g/mol. The van der Waals surface area contributed by atoms with E-state index < -0.39 is 0 Å². The Hall–Kier alpha value is -3.03. The predicted molar refractivity (Wildman–Crippen MR) is 121 cm³/mol. The number of fused-ring (bicyclic) bond motifs is 1. The summed E-state index contributed by atoms with van der Waals surface area (Å²) in [7, 11) is 0. The second-order valence-corrected chi connectivity index (χ2v) is 8.72. The number of ketones is 1. The molecule has 30 heavy (non-hydrogen) atoms. The largest absolute Gasteiger partial charge is 0.325 e. The number of Topliss-reactive ketones (excluding diaryl/α,β-unsaturated/α-hetero) is 1. The number of anilines is 2. The molecular weight excluding hydrogens is 420 g/mol. The second kappa shape index (κ2) is 8.38. The summed E-state index contributed by atoms with van der Waals surface area (Å²) in [6, 6.07) is 13.1. The standard InChI is InChI=1S/C22H19ClN4O2S/c1-13(28)9-16-11-24-22(26-18-7-8-19-20(10-18)30-14(2)25-19)27(21(16)29)12-15-3-5-17(23)6-4-15/h3-8,10-11H,9,12H2,1-2H3,(H,24,26). The van der Waals surface area contributed by atoms with Crippen LogP contribution in [-0.2, 0) is 17.8 Å². The molecule has 2 aromatic carbocycles. The third kappa shape index (κ3) is 4.42. The Balaban J connectivity index is 1.74. The van der Waals surface area contributed by atoms with Crippen molar-refractivity contribution in [3.63, 3.8) is 0 Å². The highest BCUT2D eigenvalue weighted by Crippen LogP contribution is 2.26. The van der Waals surface area contributed by atoms with E-state index in [1.807, 2.05) is 37.3 Å². The van der Waals surface area contributed by atoms with Gasteiger partial charge in [0.05, 0.1) is 21.8 Å². The lowest BCUT2D eigenvalue weighted by Gasteiger charge is -2.15. The summed E-state index contributed by atoms with van der Waals surface area (Å²) in [6.45, 7) is 3.73. The zero-order valence-electron chi connectivity index (χ0n) is 16.5. The van der Waals surface area contributed by atoms with E-state index in [1.54, 1.807) is 28.0 Å². The Morgan fingerprint density at radius 2 is 1.97 bits per heavy atom. The SMILES string of the molecule is CC(=O)Cc1cnc(Nc2ccc3nc(C)sc3c2)n(Cc2ccc(Cl)cc2)c1=O. The fraction of sp³-hybridized carbons (Fsp3) is 0.182. The minimum absolute atomic E-state index is 0.0544. The summed E-state index contributed by atoms with van der Waals surface area (Å²) in [5, 5.41) is 4.87. The molecule has 6 nitrogen and oxygen atoms in total. The van der Waals surface area contributed by atoms with Gasteiger partial charge in [0, 0.05) is 28.9 Å². The first-order valence-corrected chi connectivity index (χ1v) is 10.6. The molecule has 2 aromatic heterocycles. The van der Waals surface area contributed by atoms with E-state index in [0.717, 1.165) is 26.5 Å². The molecule has 0 saturated heterocycles. The molecule has 4 aromatic rings. The van der Waals surface area contributed by atoms with Crippen molar-refractivity contribution < 1.29 is 4.79 Å². The third-order valence-electron chi connectivity index (χ3n) is 4.56. The van der Waals surface area contributed by atoms with Crippen LogP contribution in [-0.4, -0.2) is 20.3 Å². The summed E-state index contributed by atoms with van der Waals surface area (Å²) >= 11 is 7.59.